The smallest absolute Gasteiger partial charge is 0.339 e. The molecule has 5 aromatic carbocycles. The van der Waals surface area contributed by atoms with Gasteiger partial charge in [0.05, 0.1) is 24.5 Å². The third-order valence-electron chi connectivity index (χ3n) is 7.55. The highest BCUT2D eigenvalue weighted by Gasteiger charge is 2.20. The van der Waals surface area contributed by atoms with Crippen LogP contribution in [0, 0.1) is 37.5 Å². The van der Waals surface area contributed by atoms with Crippen molar-refractivity contribution in [1.82, 2.24) is 0 Å². The topological polar surface area (TPSA) is 93.2 Å². The van der Waals surface area contributed by atoms with Crippen molar-refractivity contribution in [2.45, 2.75) is 23.6 Å². The van der Waals surface area contributed by atoms with Crippen LogP contribution in [0.25, 0.3) is 0 Å². The molecular weight excluding hydrogens is 669 g/mol. The van der Waals surface area contributed by atoms with Crippen molar-refractivity contribution < 1.29 is 25.2 Å². The summed E-state index contributed by atoms with van der Waals surface area (Å²) in [7, 11) is -4.37. The van der Waals surface area contributed by atoms with E-state index in [1.165, 1.54) is 24.3 Å². The fourth-order valence-electron chi connectivity index (χ4n) is 4.76. The maximum Gasteiger partial charge on any atom is 0.339 e. The van der Waals surface area contributed by atoms with Gasteiger partial charge in [-0.15, -0.1) is 0 Å². The lowest BCUT2D eigenvalue weighted by molar-refractivity contribution is 0.484. The summed E-state index contributed by atoms with van der Waals surface area (Å²) in [5.41, 5.74) is 4.69. The van der Waals surface area contributed by atoms with Gasteiger partial charge in [-0.3, -0.25) is 0 Å². The first-order valence-electron chi connectivity index (χ1n) is 15.6. The zero-order valence-electron chi connectivity index (χ0n) is 28.1. The minimum Gasteiger partial charge on any atom is -0.377 e. The molecule has 0 saturated carbocycles. The number of aryl methyl sites for hydroxylation is 2. The van der Waals surface area contributed by atoms with E-state index in [1.807, 2.05) is 74.1 Å². The van der Waals surface area contributed by atoms with Gasteiger partial charge in [-0.05, 0) is 86.6 Å². The Morgan fingerprint density at radius 2 is 0.840 bits per heavy atom. The number of anilines is 2. The molecule has 0 heterocycles. The monoisotopic (exact) mass is 704 g/mol. The van der Waals surface area contributed by atoms with Crippen LogP contribution in [-0.2, 0) is 20.2 Å². The first kappa shape index (κ1) is 35.6. The maximum atomic E-state index is 12.9. The number of benzene rings is 5. The maximum absolute atomic E-state index is 12.9. The number of para-hydroxylation sites is 4. The first-order valence-corrected chi connectivity index (χ1v) is 18.4. The lowest BCUT2D eigenvalue weighted by Gasteiger charge is -2.19. The van der Waals surface area contributed by atoms with E-state index < -0.39 is 20.2 Å². The molecule has 0 unspecified atom stereocenters. The number of hydrogen-bond acceptors (Lipinski definition) is 8. The van der Waals surface area contributed by atoms with Crippen LogP contribution in [0.3, 0.4) is 0 Å². The molecule has 0 amide bonds. The summed E-state index contributed by atoms with van der Waals surface area (Å²) < 4.78 is 62.6. The molecule has 0 aliphatic carbocycles. The highest BCUT2D eigenvalue weighted by atomic mass is 32.2. The van der Waals surface area contributed by atoms with Gasteiger partial charge in [0, 0.05) is 25.2 Å². The SMILES string of the molecule is Cc1ccc(S(=O)(=O)Oc2ccccc2N(C)CC#Cc2ccc(C#CCN(C)c3ccccc3OS(=O)(=O)c3ccc(C)cc3)cc2)cc1. The molecule has 8 nitrogen and oxygen atoms in total. The van der Waals surface area contributed by atoms with Gasteiger partial charge in [0.1, 0.15) is 9.79 Å². The quantitative estimate of drug-likeness (QED) is 0.116. The molecule has 0 radical (unpaired) electrons. The van der Waals surface area contributed by atoms with Crippen LogP contribution >= 0.6 is 0 Å². The van der Waals surface area contributed by atoms with E-state index in [-0.39, 0.29) is 21.3 Å². The summed E-state index contributed by atoms with van der Waals surface area (Å²) in [5, 5.41) is 0. The van der Waals surface area contributed by atoms with Crippen molar-refractivity contribution in [1.29, 1.82) is 0 Å². The molecule has 50 heavy (non-hydrogen) atoms. The average molecular weight is 705 g/mol. The second kappa shape index (κ2) is 15.7. The Bertz CT molecular complexity index is 2130. The molecule has 0 aliphatic heterocycles. The Hall–Kier alpha value is -5.68. The molecule has 0 N–H and O–H groups in total. The lowest BCUT2D eigenvalue weighted by atomic mass is 10.1. The van der Waals surface area contributed by atoms with Crippen LogP contribution < -0.4 is 18.2 Å². The molecular formula is C40H36N2O6S2. The molecule has 0 aliphatic rings. The summed E-state index contributed by atoms with van der Waals surface area (Å²) in [5.74, 6) is 13.0. The number of hydrogen-bond donors (Lipinski definition) is 0. The molecule has 5 aromatic rings. The van der Waals surface area contributed by atoms with E-state index in [2.05, 4.69) is 23.7 Å². The van der Waals surface area contributed by atoms with Gasteiger partial charge in [0.2, 0.25) is 0 Å². The lowest BCUT2D eigenvalue weighted by Crippen LogP contribution is -2.19. The summed E-state index contributed by atoms with van der Waals surface area (Å²) in [4.78, 5) is 3.82. The normalized spacial score (nSPS) is 11.0. The van der Waals surface area contributed by atoms with E-state index >= 15 is 0 Å². The van der Waals surface area contributed by atoms with Gasteiger partial charge < -0.3 is 18.2 Å². The van der Waals surface area contributed by atoms with Crippen LogP contribution in [-0.4, -0.2) is 44.0 Å². The van der Waals surface area contributed by atoms with E-state index in [0.29, 0.717) is 24.5 Å². The summed E-state index contributed by atoms with van der Waals surface area (Å²) in [6, 6.07) is 34.4. The van der Waals surface area contributed by atoms with Crippen LogP contribution in [0.1, 0.15) is 22.3 Å². The van der Waals surface area contributed by atoms with Crippen LogP contribution in [0.15, 0.2) is 131 Å². The highest BCUT2D eigenvalue weighted by molar-refractivity contribution is 7.87. The van der Waals surface area contributed by atoms with Crippen LogP contribution in [0.4, 0.5) is 11.4 Å². The third-order valence-corrected chi connectivity index (χ3v) is 10.1. The zero-order chi connectivity index (χ0) is 35.7. The molecule has 10 heteroatoms. The Morgan fingerprint density at radius 1 is 0.500 bits per heavy atom. The summed E-state index contributed by atoms with van der Waals surface area (Å²) in [6.07, 6.45) is 0. The number of rotatable bonds is 10. The molecule has 0 spiro atoms. The Labute approximate surface area is 295 Å². The van der Waals surface area contributed by atoms with Crippen LogP contribution in [0.2, 0.25) is 0 Å². The summed E-state index contributed by atoms with van der Waals surface area (Å²) in [6.45, 7) is 4.43. The zero-order valence-corrected chi connectivity index (χ0v) is 29.8. The highest BCUT2D eigenvalue weighted by Crippen LogP contribution is 2.31. The Balaban J connectivity index is 1.19. The van der Waals surface area contributed by atoms with Gasteiger partial charge in [0.25, 0.3) is 0 Å². The van der Waals surface area contributed by atoms with E-state index in [4.69, 9.17) is 8.37 Å². The van der Waals surface area contributed by atoms with Gasteiger partial charge in [0.15, 0.2) is 11.5 Å². The Kier molecular flexibility index (Phi) is 11.2. The van der Waals surface area contributed by atoms with Crippen LogP contribution in [0.5, 0.6) is 11.5 Å². The van der Waals surface area contributed by atoms with E-state index in [9.17, 15) is 16.8 Å². The van der Waals surface area contributed by atoms with Crippen molar-refractivity contribution in [3.8, 4) is 35.2 Å². The fourth-order valence-corrected chi connectivity index (χ4v) is 6.64. The average Bonchev–Trinajstić information content (AvgIpc) is 3.09. The van der Waals surface area contributed by atoms with Crippen molar-refractivity contribution in [2.75, 3.05) is 37.0 Å². The third kappa shape index (κ3) is 9.26. The van der Waals surface area contributed by atoms with Gasteiger partial charge in [-0.2, -0.15) is 16.8 Å². The predicted octanol–water partition coefficient (Wildman–Crippen LogP) is 6.81. The fraction of sp³-hybridized carbons (Fsp3) is 0.150. The molecule has 0 saturated heterocycles. The minimum atomic E-state index is -4.00. The van der Waals surface area contributed by atoms with Gasteiger partial charge in [-0.25, -0.2) is 0 Å². The van der Waals surface area contributed by atoms with Gasteiger partial charge >= 0.3 is 20.2 Å². The molecule has 254 valence electrons. The summed E-state index contributed by atoms with van der Waals surface area (Å²) >= 11 is 0. The van der Waals surface area contributed by atoms with Crippen molar-refractivity contribution in [3.05, 3.63) is 144 Å². The molecule has 0 atom stereocenters. The van der Waals surface area contributed by atoms with Crippen molar-refractivity contribution in [2.24, 2.45) is 0 Å². The van der Waals surface area contributed by atoms with E-state index in [1.54, 1.807) is 60.7 Å². The van der Waals surface area contributed by atoms with Crippen molar-refractivity contribution >= 4 is 31.6 Å². The van der Waals surface area contributed by atoms with E-state index in [0.717, 1.165) is 22.3 Å². The van der Waals surface area contributed by atoms with Crippen molar-refractivity contribution in [3.63, 3.8) is 0 Å². The molecule has 0 fully saturated rings. The first-order chi connectivity index (χ1) is 23.9. The standard InChI is InChI=1S/C40H36N2O6S2/c1-31-17-25-35(26-18-31)49(43,44)47-39-15-7-5-13-37(39)41(3)29-9-11-33-21-23-34(24-22-33)12-10-30-42(4)38-14-6-8-16-40(38)48-50(45,46)36-27-19-32(2)20-28-36/h5-8,13-28H,29-30H2,1-4H3. The Morgan fingerprint density at radius 3 is 1.20 bits per heavy atom. The molecule has 0 aromatic heterocycles. The number of nitrogens with zero attached hydrogens (tertiary/aromatic N) is 2. The molecule has 0 bridgehead atoms. The second-order valence-electron chi connectivity index (χ2n) is 11.5. The largest absolute Gasteiger partial charge is 0.377 e. The van der Waals surface area contributed by atoms with Gasteiger partial charge in [-0.1, -0.05) is 83.3 Å². The second-order valence-corrected chi connectivity index (χ2v) is 14.6. The predicted molar refractivity (Wildman–Crippen MR) is 198 cm³/mol. The molecule has 5 rings (SSSR count). The minimum absolute atomic E-state index is 0.0858.